The molecule has 2 N–H and O–H groups in total. The molecule has 5 nitrogen and oxygen atoms in total. The van der Waals surface area contributed by atoms with Crippen LogP contribution in [0.5, 0.6) is 0 Å². The molecule has 2 aromatic rings. The quantitative estimate of drug-likeness (QED) is 0.842. The molecule has 0 saturated carbocycles. The zero-order valence-electron chi connectivity index (χ0n) is 10.4. The maximum absolute atomic E-state index is 11.8. The topological polar surface area (TPSA) is 79.5 Å². The van der Waals surface area contributed by atoms with Crippen molar-refractivity contribution in [2.45, 2.75) is 13.2 Å². The third-order valence-electron chi connectivity index (χ3n) is 2.79. The Kier molecular flexibility index (Phi) is 3.71. The van der Waals surface area contributed by atoms with Gasteiger partial charge in [-0.25, -0.2) is 0 Å². The molecule has 0 spiro atoms. The first-order valence-corrected chi connectivity index (χ1v) is 7.48. The van der Waals surface area contributed by atoms with E-state index in [1.165, 1.54) is 12.3 Å². The van der Waals surface area contributed by atoms with Crippen LogP contribution in [0, 0.1) is 6.92 Å². The van der Waals surface area contributed by atoms with E-state index in [2.05, 4.69) is 0 Å². The molecule has 19 heavy (non-hydrogen) atoms. The first-order valence-electron chi connectivity index (χ1n) is 5.68. The smallest absolute Gasteiger partial charge is 0.323 e. The van der Waals surface area contributed by atoms with Crippen LogP contribution in [0.3, 0.4) is 0 Å². The van der Waals surface area contributed by atoms with Gasteiger partial charge in [0.05, 0.1) is 0 Å². The summed E-state index contributed by atoms with van der Waals surface area (Å²) in [7, 11) is -4.25. The van der Waals surface area contributed by atoms with Crippen LogP contribution in [-0.4, -0.2) is 14.4 Å². The summed E-state index contributed by atoms with van der Waals surface area (Å²) >= 11 is 0. The van der Waals surface area contributed by atoms with Crippen LogP contribution in [0.2, 0.25) is 0 Å². The standard InChI is InChI=1S/C13H14NO4P/c1-10-4-2-3-5-12(10)11-6-7-14(13(15)8-11)9-19(16,17)18/h2-8H,9H2,1H3,(H2,16,17,18). The van der Waals surface area contributed by atoms with E-state index in [1.807, 2.05) is 31.2 Å². The van der Waals surface area contributed by atoms with Crippen molar-refractivity contribution in [3.05, 3.63) is 58.5 Å². The summed E-state index contributed by atoms with van der Waals surface area (Å²) in [5.74, 6) is 0. The zero-order chi connectivity index (χ0) is 14.0. The second kappa shape index (κ2) is 5.13. The lowest BCUT2D eigenvalue weighted by Crippen LogP contribution is -2.18. The van der Waals surface area contributed by atoms with Gasteiger partial charge >= 0.3 is 7.60 Å². The monoisotopic (exact) mass is 279 g/mol. The summed E-state index contributed by atoms with van der Waals surface area (Å²) in [6, 6.07) is 10.7. The van der Waals surface area contributed by atoms with Crippen molar-refractivity contribution in [1.82, 2.24) is 4.57 Å². The minimum Gasteiger partial charge on any atom is -0.323 e. The number of rotatable bonds is 3. The Balaban J connectivity index is 2.43. The van der Waals surface area contributed by atoms with Gasteiger partial charge in [-0.3, -0.25) is 9.36 Å². The number of aryl methyl sites for hydroxylation is 1. The van der Waals surface area contributed by atoms with Crippen molar-refractivity contribution in [1.29, 1.82) is 0 Å². The molecule has 0 atom stereocenters. The number of pyridine rings is 1. The predicted molar refractivity (Wildman–Crippen MR) is 72.9 cm³/mol. The maximum atomic E-state index is 11.8. The highest BCUT2D eigenvalue weighted by molar-refractivity contribution is 7.50. The van der Waals surface area contributed by atoms with Crippen molar-refractivity contribution in [3.63, 3.8) is 0 Å². The number of hydrogen-bond donors (Lipinski definition) is 2. The zero-order valence-corrected chi connectivity index (χ0v) is 11.2. The van der Waals surface area contributed by atoms with Crippen molar-refractivity contribution >= 4 is 7.60 Å². The summed E-state index contributed by atoms with van der Waals surface area (Å²) < 4.78 is 11.9. The molecule has 1 aromatic heterocycles. The molecule has 0 saturated heterocycles. The van der Waals surface area contributed by atoms with Gasteiger partial charge in [0.1, 0.15) is 6.29 Å². The first-order chi connectivity index (χ1) is 8.87. The Hall–Kier alpha value is -1.68. The lowest BCUT2D eigenvalue weighted by atomic mass is 10.0. The molecule has 1 aromatic carbocycles. The summed E-state index contributed by atoms with van der Waals surface area (Å²) in [5, 5.41) is 0. The minimum absolute atomic E-state index is 0.427. The molecular weight excluding hydrogens is 265 g/mol. The van der Waals surface area contributed by atoms with Crippen LogP contribution in [-0.2, 0) is 10.9 Å². The predicted octanol–water partition coefficient (Wildman–Crippen LogP) is 1.96. The number of benzene rings is 1. The van der Waals surface area contributed by atoms with Crippen molar-refractivity contribution in [2.75, 3.05) is 0 Å². The average molecular weight is 279 g/mol. The summed E-state index contributed by atoms with van der Waals surface area (Å²) in [6.45, 7) is 1.94. The van der Waals surface area contributed by atoms with Gasteiger partial charge in [0, 0.05) is 12.3 Å². The Morgan fingerprint density at radius 3 is 2.47 bits per heavy atom. The third kappa shape index (κ3) is 3.41. The molecule has 0 aliphatic rings. The summed E-state index contributed by atoms with van der Waals surface area (Å²) in [6.07, 6.45) is 0.809. The van der Waals surface area contributed by atoms with E-state index in [0.717, 1.165) is 21.3 Å². The van der Waals surface area contributed by atoms with Crippen molar-refractivity contribution in [3.8, 4) is 11.1 Å². The number of aromatic nitrogens is 1. The van der Waals surface area contributed by atoms with E-state index in [-0.39, 0.29) is 0 Å². The van der Waals surface area contributed by atoms with Crippen LogP contribution in [0.4, 0.5) is 0 Å². The molecule has 2 rings (SSSR count). The number of hydrogen-bond acceptors (Lipinski definition) is 2. The van der Waals surface area contributed by atoms with Gasteiger partial charge in [-0.05, 0) is 29.7 Å². The molecule has 0 aliphatic heterocycles. The highest BCUT2D eigenvalue weighted by Crippen LogP contribution is 2.35. The van der Waals surface area contributed by atoms with Gasteiger partial charge in [0.2, 0.25) is 0 Å². The highest BCUT2D eigenvalue weighted by Gasteiger charge is 2.14. The van der Waals surface area contributed by atoms with Gasteiger partial charge in [-0.1, -0.05) is 24.3 Å². The molecule has 1 heterocycles. The minimum atomic E-state index is -4.25. The molecule has 0 amide bonds. The first kappa shape index (κ1) is 13.7. The fraction of sp³-hybridized carbons (Fsp3) is 0.154. The van der Waals surface area contributed by atoms with Crippen LogP contribution >= 0.6 is 7.60 Å². The second-order valence-corrected chi connectivity index (χ2v) is 5.96. The van der Waals surface area contributed by atoms with Gasteiger partial charge in [0.15, 0.2) is 0 Å². The van der Waals surface area contributed by atoms with Gasteiger partial charge in [-0.15, -0.1) is 0 Å². The van der Waals surface area contributed by atoms with E-state index in [9.17, 15) is 9.36 Å². The fourth-order valence-corrected chi connectivity index (χ4v) is 2.52. The van der Waals surface area contributed by atoms with E-state index in [0.29, 0.717) is 0 Å². The molecule has 100 valence electrons. The molecule has 6 heteroatoms. The molecule has 0 aliphatic carbocycles. The van der Waals surface area contributed by atoms with Crippen LogP contribution in [0.25, 0.3) is 11.1 Å². The third-order valence-corrected chi connectivity index (χ3v) is 3.46. The maximum Gasteiger partial charge on any atom is 0.345 e. The molecule has 0 unspecified atom stereocenters. The lowest BCUT2D eigenvalue weighted by Gasteiger charge is -2.09. The Labute approximate surface area is 110 Å². The largest absolute Gasteiger partial charge is 0.345 e. The normalized spacial score (nSPS) is 11.5. The van der Waals surface area contributed by atoms with Crippen molar-refractivity contribution < 1.29 is 14.4 Å². The summed E-state index contributed by atoms with van der Waals surface area (Å²) in [4.78, 5) is 29.6. The van der Waals surface area contributed by atoms with E-state index in [1.54, 1.807) is 6.07 Å². The van der Waals surface area contributed by atoms with Gasteiger partial charge in [0.25, 0.3) is 5.56 Å². The van der Waals surface area contributed by atoms with Crippen molar-refractivity contribution in [2.24, 2.45) is 0 Å². The van der Waals surface area contributed by atoms with Crippen LogP contribution < -0.4 is 5.56 Å². The second-order valence-electron chi connectivity index (χ2n) is 4.34. The van der Waals surface area contributed by atoms with Crippen LogP contribution in [0.1, 0.15) is 5.56 Å². The molecule has 0 fully saturated rings. The number of nitrogens with zero attached hydrogens (tertiary/aromatic N) is 1. The highest BCUT2D eigenvalue weighted by atomic mass is 31.2. The van der Waals surface area contributed by atoms with E-state index in [4.69, 9.17) is 9.79 Å². The van der Waals surface area contributed by atoms with Crippen LogP contribution in [0.15, 0.2) is 47.4 Å². The Bertz CT molecular complexity index is 702. The Morgan fingerprint density at radius 2 is 1.89 bits per heavy atom. The van der Waals surface area contributed by atoms with E-state index < -0.39 is 19.4 Å². The molecular formula is C13H14NO4P. The summed E-state index contributed by atoms with van der Waals surface area (Å²) in [5.41, 5.74) is 2.28. The van der Waals surface area contributed by atoms with E-state index >= 15 is 0 Å². The van der Waals surface area contributed by atoms with Gasteiger partial charge < -0.3 is 14.4 Å². The Morgan fingerprint density at radius 1 is 1.21 bits per heavy atom. The molecule has 0 bridgehead atoms. The van der Waals surface area contributed by atoms with Gasteiger partial charge in [-0.2, -0.15) is 0 Å². The average Bonchev–Trinajstić information content (AvgIpc) is 2.31. The lowest BCUT2D eigenvalue weighted by molar-refractivity contribution is 0.361. The SMILES string of the molecule is Cc1ccccc1-c1ccn(CP(=O)(O)O)c(=O)c1. The fourth-order valence-electron chi connectivity index (χ4n) is 1.89. The molecule has 0 radical (unpaired) electrons.